The number of nitrogens with two attached hydrogens (primary N) is 1. The fraction of sp³-hybridized carbons (Fsp3) is 0.727. The molecule has 1 saturated heterocycles. The van der Waals surface area contributed by atoms with E-state index in [1.54, 1.807) is 0 Å². The van der Waals surface area contributed by atoms with Crippen LogP contribution >= 0.6 is 0 Å². The van der Waals surface area contributed by atoms with Crippen molar-refractivity contribution in [3.05, 3.63) is 18.0 Å². The lowest BCUT2D eigenvalue weighted by molar-refractivity contribution is 0.310. The van der Waals surface area contributed by atoms with Crippen LogP contribution in [0.4, 0.5) is 0 Å². The van der Waals surface area contributed by atoms with E-state index in [1.165, 1.54) is 5.69 Å². The van der Waals surface area contributed by atoms with Crippen LogP contribution < -0.4 is 5.73 Å². The average Bonchev–Trinajstić information content (AvgIpc) is 2.75. The van der Waals surface area contributed by atoms with E-state index in [0.29, 0.717) is 12.1 Å². The van der Waals surface area contributed by atoms with E-state index in [0.717, 1.165) is 26.1 Å². The maximum absolute atomic E-state index is 5.89. The van der Waals surface area contributed by atoms with Crippen LogP contribution in [0.5, 0.6) is 0 Å². The van der Waals surface area contributed by atoms with Crippen molar-refractivity contribution in [2.75, 3.05) is 13.1 Å². The maximum Gasteiger partial charge on any atom is 0.0527 e. The van der Waals surface area contributed by atoms with Gasteiger partial charge in [-0.25, -0.2) is 0 Å². The summed E-state index contributed by atoms with van der Waals surface area (Å²) < 4.78 is 2.09. The predicted octanol–water partition coefficient (Wildman–Crippen LogP) is 0.997. The summed E-state index contributed by atoms with van der Waals surface area (Å²) in [6.07, 6.45) is 3.00. The molecule has 0 bridgehead atoms. The molecule has 2 rings (SSSR count). The molecule has 1 unspecified atom stereocenters. The van der Waals surface area contributed by atoms with E-state index >= 15 is 0 Å². The first-order valence-electron chi connectivity index (χ1n) is 5.67. The SMILES string of the molecule is CC(C)n1nccc1CN1CCC(N)C1. The second kappa shape index (κ2) is 4.33. The lowest BCUT2D eigenvalue weighted by atomic mass is 10.3. The first-order valence-corrected chi connectivity index (χ1v) is 5.67. The largest absolute Gasteiger partial charge is 0.326 e. The fourth-order valence-electron chi connectivity index (χ4n) is 2.17. The molecule has 1 fully saturated rings. The number of rotatable bonds is 3. The Morgan fingerprint density at radius 1 is 1.60 bits per heavy atom. The second-order valence-electron chi connectivity index (χ2n) is 4.64. The van der Waals surface area contributed by atoms with Gasteiger partial charge in [0.05, 0.1) is 5.69 Å². The van der Waals surface area contributed by atoms with E-state index < -0.39 is 0 Å². The van der Waals surface area contributed by atoms with E-state index in [9.17, 15) is 0 Å². The van der Waals surface area contributed by atoms with Crippen molar-refractivity contribution in [2.45, 2.75) is 38.9 Å². The minimum Gasteiger partial charge on any atom is -0.326 e. The highest BCUT2D eigenvalue weighted by molar-refractivity contribution is 5.02. The normalized spacial score (nSPS) is 22.8. The summed E-state index contributed by atoms with van der Waals surface area (Å²) in [5.74, 6) is 0. The highest BCUT2D eigenvalue weighted by atomic mass is 15.3. The molecule has 84 valence electrons. The zero-order chi connectivity index (χ0) is 10.8. The van der Waals surface area contributed by atoms with Gasteiger partial charge in [-0.05, 0) is 26.3 Å². The molecule has 0 amide bonds. The van der Waals surface area contributed by atoms with Crippen LogP contribution in [0, 0.1) is 0 Å². The molecule has 1 aromatic rings. The van der Waals surface area contributed by atoms with Gasteiger partial charge in [-0.3, -0.25) is 9.58 Å². The van der Waals surface area contributed by atoms with Gasteiger partial charge in [0.2, 0.25) is 0 Å². The minimum atomic E-state index is 0.362. The molecule has 0 aromatic carbocycles. The summed E-state index contributed by atoms with van der Waals surface area (Å²) in [5, 5.41) is 4.34. The van der Waals surface area contributed by atoms with Crippen molar-refractivity contribution in [1.82, 2.24) is 14.7 Å². The molecular formula is C11H20N4. The molecule has 0 radical (unpaired) electrons. The molecular weight excluding hydrogens is 188 g/mol. The van der Waals surface area contributed by atoms with Crippen LogP contribution in [0.1, 0.15) is 32.0 Å². The van der Waals surface area contributed by atoms with Crippen LogP contribution in [-0.2, 0) is 6.54 Å². The lowest BCUT2D eigenvalue weighted by Gasteiger charge is -2.17. The van der Waals surface area contributed by atoms with Crippen molar-refractivity contribution in [1.29, 1.82) is 0 Å². The summed E-state index contributed by atoms with van der Waals surface area (Å²) >= 11 is 0. The molecule has 0 aliphatic carbocycles. The molecule has 0 saturated carbocycles. The van der Waals surface area contributed by atoms with Gasteiger partial charge in [0.25, 0.3) is 0 Å². The van der Waals surface area contributed by atoms with Crippen molar-refractivity contribution in [3.63, 3.8) is 0 Å². The van der Waals surface area contributed by atoms with E-state index in [2.05, 4.69) is 34.6 Å². The first kappa shape index (κ1) is 10.6. The van der Waals surface area contributed by atoms with Gasteiger partial charge < -0.3 is 5.73 Å². The van der Waals surface area contributed by atoms with E-state index in [1.807, 2.05) is 6.20 Å². The molecule has 1 aliphatic heterocycles. The third-order valence-electron chi connectivity index (χ3n) is 2.94. The predicted molar refractivity (Wildman–Crippen MR) is 60.5 cm³/mol. The Bertz CT molecular complexity index is 318. The zero-order valence-electron chi connectivity index (χ0n) is 9.56. The zero-order valence-corrected chi connectivity index (χ0v) is 9.56. The highest BCUT2D eigenvalue weighted by Gasteiger charge is 2.20. The quantitative estimate of drug-likeness (QED) is 0.806. The number of nitrogens with zero attached hydrogens (tertiary/aromatic N) is 3. The highest BCUT2D eigenvalue weighted by Crippen LogP contribution is 2.14. The molecule has 4 nitrogen and oxygen atoms in total. The molecule has 2 N–H and O–H groups in total. The monoisotopic (exact) mass is 208 g/mol. The Labute approximate surface area is 91.1 Å². The van der Waals surface area contributed by atoms with Crippen molar-refractivity contribution < 1.29 is 0 Å². The third kappa shape index (κ3) is 2.38. The number of hydrogen-bond acceptors (Lipinski definition) is 3. The first-order chi connectivity index (χ1) is 7.16. The smallest absolute Gasteiger partial charge is 0.0527 e. The van der Waals surface area contributed by atoms with Crippen molar-refractivity contribution >= 4 is 0 Å². The molecule has 1 aromatic heterocycles. The molecule has 1 atom stereocenters. The lowest BCUT2D eigenvalue weighted by Crippen LogP contribution is -2.27. The standard InChI is InChI=1S/C11H20N4/c1-9(2)15-11(3-5-13-15)8-14-6-4-10(12)7-14/h3,5,9-10H,4,6-8,12H2,1-2H3. The van der Waals surface area contributed by atoms with Crippen LogP contribution in [0.3, 0.4) is 0 Å². The Morgan fingerprint density at radius 2 is 2.40 bits per heavy atom. The van der Waals surface area contributed by atoms with Crippen LogP contribution in [-0.4, -0.2) is 33.8 Å². The Hall–Kier alpha value is -0.870. The van der Waals surface area contributed by atoms with Gasteiger partial charge in [-0.2, -0.15) is 5.10 Å². The summed E-state index contributed by atoms with van der Waals surface area (Å²) in [7, 11) is 0. The topological polar surface area (TPSA) is 47.1 Å². The minimum absolute atomic E-state index is 0.362. The Balaban J connectivity index is 2.01. The fourth-order valence-corrected chi connectivity index (χ4v) is 2.17. The Morgan fingerprint density at radius 3 is 3.00 bits per heavy atom. The summed E-state index contributed by atoms with van der Waals surface area (Å²) in [5.41, 5.74) is 7.18. The molecule has 4 heteroatoms. The maximum atomic E-state index is 5.89. The molecule has 2 heterocycles. The number of hydrogen-bond donors (Lipinski definition) is 1. The van der Waals surface area contributed by atoms with Gasteiger partial charge in [-0.1, -0.05) is 0 Å². The van der Waals surface area contributed by atoms with Gasteiger partial charge in [-0.15, -0.1) is 0 Å². The molecule has 1 aliphatic rings. The van der Waals surface area contributed by atoms with Gasteiger partial charge in [0.15, 0.2) is 0 Å². The second-order valence-corrected chi connectivity index (χ2v) is 4.64. The van der Waals surface area contributed by atoms with Crippen molar-refractivity contribution in [2.24, 2.45) is 5.73 Å². The van der Waals surface area contributed by atoms with E-state index in [-0.39, 0.29) is 0 Å². The van der Waals surface area contributed by atoms with Crippen LogP contribution in [0.15, 0.2) is 12.3 Å². The van der Waals surface area contributed by atoms with Gasteiger partial charge in [0, 0.05) is 37.9 Å². The van der Waals surface area contributed by atoms with Crippen LogP contribution in [0.25, 0.3) is 0 Å². The van der Waals surface area contributed by atoms with Crippen LogP contribution in [0.2, 0.25) is 0 Å². The third-order valence-corrected chi connectivity index (χ3v) is 2.94. The summed E-state index contributed by atoms with van der Waals surface area (Å²) in [6.45, 7) is 7.43. The summed E-state index contributed by atoms with van der Waals surface area (Å²) in [4.78, 5) is 2.40. The van der Waals surface area contributed by atoms with Gasteiger partial charge >= 0.3 is 0 Å². The molecule has 0 spiro atoms. The van der Waals surface area contributed by atoms with Crippen molar-refractivity contribution in [3.8, 4) is 0 Å². The van der Waals surface area contributed by atoms with E-state index in [4.69, 9.17) is 5.73 Å². The molecule has 15 heavy (non-hydrogen) atoms. The summed E-state index contributed by atoms with van der Waals surface area (Å²) in [6, 6.07) is 2.90. The number of likely N-dealkylation sites (tertiary alicyclic amines) is 1. The average molecular weight is 208 g/mol. The van der Waals surface area contributed by atoms with Gasteiger partial charge in [0.1, 0.15) is 0 Å². The number of aromatic nitrogens is 2. The Kier molecular flexibility index (Phi) is 3.07.